The summed E-state index contributed by atoms with van der Waals surface area (Å²) in [6, 6.07) is 15.1. The molecule has 2 aromatic carbocycles. The largest absolute Gasteiger partial charge is 0.383 e. The van der Waals surface area contributed by atoms with E-state index in [2.05, 4.69) is 15.4 Å². The molecule has 1 aromatic heterocycles. The second kappa shape index (κ2) is 8.12. The van der Waals surface area contributed by atoms with Crippen LogP contribution in [0.4, 0.5) is 0 Å². The summed E-state index contributed by atoms with van der Waals surface area (Å²) in [7, 11) is 1.58. The molecule has 1 N–H and O–H groups in total. The number of nitrogens with zero attached hydrogens (tertiary/aromatic N) is 3. The van der Waals surface area contributed by atoms with Crippen LogP contribution >= 0.6 is 11.6 Å². The SMILES string of the molecule is COCCNC(=O)c1nc(-c2cccc(Cl)c2)n(-c2ccccc2C)n1. The third kappa shape index (κ3) is 3.92. The number of carbonyl (C=O) groups is 1. The lowest BCUT2D eigenvalue weighted by Gasteiger charge is -2.08. The lowest BCUT2D eigenvalue weighted by atomic mass is 10.2. The van der Waals surface area contributed by atoms with Crippen molar-refractivity contribution in [2.24, 2.45) is 0 Å². The average molecular weight is 371 g/mol. The minimum absolute atomic E-state index is 0.0966. The van der Waals surface area contributed by atoms with E-state index in [0.29, 0.717) is 24.0 Å². The van der Waals surface area contributed by atoms with Crippen LogP contribution in [0, 0.1) is 6.92 Å². The van der Waals surface area contributed by atoms with Crippen LogP contribution in [0.1, 0.15) is 16.2 Å². The Morgan fingerprint density at radius 1 is 1.23 bits per heavy atom. The van der Waals surface area contributed by atoms with Gasteiger partial charge in [0.1, 0.15) is 0 Å². The van der Waals surface area contributed by atoms with Crippen molar-refractivity contribution in [3.63, 3.8) is 0 Å². The van der Waals surface area contributed by atoms with Gasteiger partial charge in [0.05, 0.1) is 12.3 Å². The molecule has 6 nitrogen and oxygen atoms in total. The molecule has 7 heteroatoms. The maximum Gasteiger partial charge on any atom is 0.291 e. The van der Waals surface area contributed by atoms with Crippen molar-refractivity contribution < 1.29 is 9.53 Å². The topological polar surface area (TPSA) is 69.0 Å². The van der Waals surface area contributed by atoms with Crippen molar-refractivity contribution in [2.75, 3.05) is 20.3 Å². The Kier molecular flexibility index (Phi) is 5.65. The summed E-state index contributed by atoms with van der Waals surface area (Å²) in [4.78, 5) is 16.8. The molecule has 134 valence electrons. The number of aryl methyl sites for hydroxylation is 1. The molecule has 0 saturated carbocycles. The van der Waals surface area contributed by atoms with Gasteiger partial charge in [-0.2, -0.15) is 0 Å². The second-order valence-electron chi connectivity index (χ2n) is 5.72. The molecule has 3 aromatic rings. The van der Waals surface area contributed by atoms with Crippen LogP contribution in [0.15, 0.2) is 48.5 Å². The zero-order valence-electron chi connectivity index (χ0n) is 14.6. The molecule has 0 aliphatic rings. The van der Waals surface area contributed by atoms with Crippen molar-refractivity contribution in [2.45, 2.75) is 6.92 Å². The molecule has 0 fully saturated rings. The highest BCUT2D eigenvalue weighted by atomic mass is 35.5. The number of ether oxygens (including phenoxy) is 1. The van der Waals surface area contributed by atoms with Gasteiger partial charge >= 0.3 is 0 Å². The van der Waals surface area contributed by atoms with E-state index < -0.39 is 0 Å². The summed E-state index contributed by atoms with van der Waals surface area (Å²) in [5.41, 5.74) is 2.65. The van der Waals surface area contributed by atoms with Crippen LogP contribution in [0.5, 0.6) is 0 Å². The number of methoxy groups -OCH3 is 1. The van der Waals surface area contributed by atoms with Gasteiger partial charge in [-0.3, -0.25) is 4.79 Å². The number of amides is 1. The Bertz CT molecular complexity index is 923. The molecule has 0 radical (unpaired) electrons. The van der Waals surface area contributed by atoms with Gasteiger partial charge in [-0.05, 0) is 30.7 Å². The van der Waals surface area contributed by atoms with Crippen molar-refractivity contribution in [3.05, 3.63) is 64.9 Å². The van der Waals surface area contributed by atoms with Crippen LogP contribution in [0.25, 0.3) is 17.1 Å². The van der Waals surface area contributed by atoms with E-state index in [-0.39, 0.29) is 11.7 Å². The van der Waals surface area contributed by atoms with Crippen molar-refractivity contribution in [1.29, 1.82) is 0 Å². The highest BCUT2D eigenvalue weighted by Gasteiger charge is 2.19. The molecule has 1 amide bonds. The molecule has 0 spiro atoms. The Hall–Kier alpha value is -2.70. The predicted octanol–water partition coefficient (Wildman–Crippen LogP) is 3.27. The van der Waals surface area contributed by atoms with Gasteiger partial charge in [0.2, 0.25) is 5.82 Å². The maximum absolute atomic E-state index is 12.4. The van der Waals surface area contributed by atoms with E-state index in [9.17, 15) is 4.79 Å². The number of nitrogens with one attached hydrogen (secondary N) is 1. The van der Waals surface area contributed by atoms with Crippen molar-refractivity contribution in [1.82, 2.24) is 20.1 Å². The molecule has 0 atom stereocenters. The van der Waals surface area contributed by atoms with E-state index in [1.165, 1.54) is 0 Å². The van der Waals surface area contributed by atoms with Gasteiger partial charge in [-0.15, -0.1) is 5.10 Å². The molecule has 0 aliphatic heterocycles. The second-order valence-corrected chi connectivity index (χ2v) is 6.15. The van der Waals surface area contributed by atoms with E-state index >= 15 is 0 Å². The Morgan fingerprint density at radius 3 is 2.77 bits per heavy atom. The normalized spacial score (nSPS) is 10.7. The lowest BCUT2D eigenvalue weighted by Crippen LogP contribution is -2.28. The van der Waals surface area contributed by atoms with E-state index in [4.69, 9.17) is 16.3 Å². The standard InChI is InChI=1S/C19H19ClN4O2/c1-13-6-3-4-9-16(13)24-18(14-7-5-8-15(20)12-14)22-17(23-24)19(25)21-10-11-26-2/h3-9,12H,10-11H2,1-2H3,(H,21,25). The fraction of sp³-hybridized carbons (Fsp3) is 0.211. The molecule has 0 aliphatic carbocycles. The molecule has 26 heavy (non-hydrogen) atoms. The van der Waals surface area contributed by atoms with E-state index in [1.54, 1.807) is 23.9 Å². The summed E-state index contributed by atoms with van der Waals surface area (Å²) < 4.78 is 6.62. The number of aromatic nitrogens is 3. The van der Waals surface area contributed by atoms with Gasteiger partial charge in [0, 0.05) is 24.2 Å². The van der Waals surface area contributed by atoms with Gasteiger partial charge < -0.3 is 10.1 Å². The summed E-state index contributed by atoms with van der Waals surface area (Å²) in [6.45, 7) is 2.79. The molecular formula is C19H19ClN4O2. The average Bonchev–Trinajstić information content (AvgIpc) is 3.07. The maximum atomic E-state index is 12.4. The van der Waals surface area contributed by atoms with Gasteiger partial charge in [-0.25, -0.2) is 9.67 Å². The van der Waals surface area contributed by atoms with Crippen molar-refractivity contribution >= 4 is 17.5 Å². The molecule has 0 bridgehead atoms. The first kappa shape index (κ1) is 18.1. The summed E-state index contributed by atoms with van der Waals surface area (Å²) in [5, 5.41) is 7.77. The van der Waals surface area contributed by atoms with Crippen LogP contribution < -0.4 is 5.32 Å². The zero-order valence-corrected chi connectivity index (χ0v) is 15.3. The predicted molar refractivity (Wildman–Crippen MR) is 101 cm³/mol. The fourth-order valence-electron chi connectivity index (χ4n) is 2.54. The van der Waals surface area contributed by atoms with Crippen LogP contribution in [-0.4, -0.2) is 40.9 Å². The Labute approximate surface area is 156 Å². The number of carbonyl (C=O) groups excluding carboxylic acids is 1. The summed E-state index contributed by atoms with van der Waals surface area (Å²) >= 11 is 6.13. The van der Waals surface area contributed by atoms with Crippen LogP contribution in [0.3, 0.4) is 0 Å². The van der Waals surface area contributed by atoms with Gasteiger partial charge in [0.15, 0.2) is 5.82 Å². The minimum atomic E-state index is -0.349. The number of rotatable bonds is 6. The monoisotopic (exact) mass is 370 g/mol. The van der Waals surface area contributed by atoms with E-state index in [1.807, 2.05) is 43.3 Å². The molecule has 3 rings (SSSR count). The molecule has 0 unspecified atom stereocenters. The minimum Gasteiger partial charge on any atom is -0.383 e. The first-order valence-corrected chi connectivity index (χ1v) is 8.54. The third-order valence-corrected chi connectivity index (χ3v) is 4.06. The quantitative estimate of drug-likeness (QED) is 0.676. The number of para-hydroxylation sites is 1. The number of hydrogen-bond donors (Lipinski definition) is 1. The summed E-state index contributed by atoms with van der Waals surface area (Å²) in [5.74, 6) is 0.302. The molecular weight excluding hydrogens is 352 g/mol. The highest BCUT2D eigenvalue weighted by Crippen LogP contribution is 2.25. The smallest absolute Gasteiger partial charge is 0.291 e. The fourth-order valence-corrected chi connectivity index (χ4v) is 2.73. The third-order valence-electron chi connectivity index (χ3n) is 3.83. The van der Waals surface area contributed by atoms with E-state index in [0.717, 1.165) is 16.8 Å². The highest BCUT2D eigenvalue weighted by molar-refractivity contribution is 6.30. The number of hydrogen-bond acceptors (Lipinski definition) is 4. The number of benzene rings is 2. The van der Waals surface area contributed by atoms with Crippen LogP contribution in [0.2, 0.25) is 5.02 Å². The Morgan fingerprint density at radius 2 is 2.04 bits per heavy atom. The summed E-state index contributed by atoms with van der Waals surface area (Å²) in [6.07, 6.45) is 0. The molecule has 0 saturated heterocycles. The Balaban J connectivity index is 2.06. The zero-order chi connectivity index (χ0) is 18.5. The first-order chi connectivity index (χ1) is 12.6. The number of halogens is 1. The molecule has 1 heterocycles. The first-order valence-electron chi connectivity index (χ1n) is 8.16. The lowest BCUT2D eigenvalue weighted by molar-refractivity contribution is 0.0927. The van der Waals surface area contributed by atoms with Gasteiger partial charge in [0.25, 0.3) is 5.91 Å². The van der Waals surface area contributed by atoms with Gasteiger partial charge in [-0.1, -0.05) is 41.9 Å². The van der Waals surface area contributed by atoms with Crippen molar-refractivity contribution in [3.8, 4) is 17.1 Å². The van der Waals surface area contributed by atoms with Crippen LogP contribution in [-0.2, 0) is 4.74 Å².